The molecule has 0 spiro atoms. The number of rotatable bonds is 6. The second-order valence-electron chi connectivity index (χ2n) is 5.88. The zero-order chi connectivity index (χ0) is 17.6. The van der Waals surface area contributed by atoms with Crippen LogP contribution in [0.3, 0.4) is 0 Å². The van der Waals surface area contributed by atoms with Crippen LogP contribution in [0.15, 0.2) is 66.7 Å². The standard InChI is InChI=1S/C21H19Cl2NO/c1-15-8-9-19(12-21(15)23)24-13-16-4-3-7-20(11-16)25-14-17-5-2-6-18(22)10-17/h2-12,24H,13-14H2,1H3. The number of anilines is 1. The summed E-state index contributed by atoms with van der Waals surface area (Å²) in [5.41, 5.74) is 4.26. The van der Waals surface area contributed by atoms with Gasteiger partial charge in [0.05, 0.1) is 0 Å². The van der Waals surface area contributed by atoms with Gasteiger partial charge in [-0.25, -0.2) is 0 Å². The van der Waals surface area contributed by atoms with Gasteiger partial charge >= 0.3 is 0 Å². The van der Waals surface area contributed by atoms with E-state index in [9.17, 15) is 0 Å². The summed E-state index contributed by atoms with van der Waals surface area (Å²) in [5.74, 6) is 0.834. The van der Waals surface area contributed by atoms with Crippen LogP contribution in [0, 0.1) is 6.92 Å². The van der Waals surface area contributed by atoms with E-state index in [0.717, 1.165) is 38.2 Å². The minimum Gasteiger partial charge on any atom is -0.489 e. The van der Waals surface area contributed by atoms with Crippen LogP contribution in [0.2, 0.25) is 10.0 Å². The van der Waals surface area contributed by atoms with Crippen LogP contribution in [0.25, 0.3) is 0 Å². The minimum absolute atomic E-state index is 0.491. The lowest BCUT2D eigenvalue weighted by molar-refractivity contribution is 0.306. The van der Waals surface area contributed by atoms with Gasteiger partial charge in [0.25, 0.3) is 0 Å². The van der Waals surface area contributed by atoms with E-state index < -0.39 is 0 Å². The average Bonchev–Trinajstić information content (AvgIpc) is 2.61. The third kappa shape index (κ3) is 5.15. The van der Waals surface area contributed by atoms with Crippen LogP contribution < -0.4 is 10.1 Å². The molecule has 3 rings (SSSR count). The van der Waals surface area contributed by atoms with Crippen molar-refractivity contribution in [2.45, 2.75) is 20.1 Å². The molecule has 0 saturated heterocycles. The first-order valence-corrected chi connectivity index (χ1v) is 8.82. The van der Waals surface area contributed by atoms with Gasteiger partial charge in [0.2, 0.25) is 0 Å². The number of aryl methyl sites for hydroxylation is 1. The Balaban J connectivity index is 1.60. The maximum absolute atomic E-state index is 6.16. The van der Waals surface area contributed by atoms with Crippen LogP contribution in [-0.2, 0) is 13.2 Å². The Morgan fingerprint density at radius 1 is 0.880 bits per heavy atom. The second kappa shape index (κ2) is 8.28. The number of hydrogen-bond donors (Lipinski definition) is 1. The van der Waals surface area contributed by atoms with E-state index in [-0.39, 0.29) is 0 Å². The fourth-order valence-corrected chi connectivity index (χ4v) is 2.84. The zero-order valence-corrected chi connectivity index (χ0v) is 15.4. The zero-order valence-electron chi connectivity index (χ0n) is 13.9. The fraction of sp³-hybridized carbons (Fsp3) is 0.143. The van der Waals surface area contributed by atoms with Gasteiger partial charge in [-0.3, -0.25) is 0 Å². The van der Waals surface area contributed by atoms with Gasteiger partial charge in [-0.2, -0.15) is 0 Å². The second-order valence-corrected chi connectivity index (χ2v) is 6.73. The SMILES string of the molecule is Cc1ccc(NCc2cccc(OCc3cccc(Cl)c3)c2)cc1Cl. The largest absolute Gasteiger partial charge is 0.489 e. The summed E-state index contributed by atoms with van der Waals surface area (Å²) >= 11 is 12.2. The fourth-order valence-electron chi connectivity index (χ4n) is 2.45. The van der Waals surface area contributed by atoms with E-state index >= 15 is 0 Å². The quantitative estimate of drug-likeness (QED) is 0.534. The van der Waals surface area contributed by atoms with E-state index in [4.69, 9.17) is 27.9 Å². The van der Waals surface area contributed by atoms with Crippen LogP contribution in [0.1, 0.15) is 16.7 Å². The molecule has 3 aromatic carbocycles. The van der Waals surface area contributed by atoms with Crippen molar-refractivity contribution in [3.63, 3.8) is 0 Å². The first-order chi connectivity index (χ1) is 12.1. The Labute approximate surface area is 158 Å². The van der Waals surface area contributed by atoms with E-state index in [1.807, 2.05) is 67.6 Å². The van der Waals surface area contributed by atoms with Gasteiger partial charge in [-0.15, -0.1) is 0 Å². The average molecular weight is 372 g/mol. The molecule has 1 N–H and O–H groups in total. The lowest BCUT2D eigenvalue weighted by atomic mass is 10.2. The Kier molecular flexibility index (Phi) is 5.85. The molecule has 0 aliphatic heterocycles. The summed E-state index contributed by atoms with van der Waals surface area (Å²) in [5, 5.41) is 4.87. The molecule has 0 saturated carbocycles. The third-order valence-corrected chi connectivity index (χ3v) is 4.50. The predicted molar refractivity (Wildman–Crippen MR) is 106 cm³/mol. The van der Waals surface area contributed by atoms with Gasteiger partial charge in [0, 0.05) is 22.3 Å². The molecular weight excluding hydrogens is 353 g/mol. The number of halogens is 2. The highest BCUT2D eigenvalue weighted by atomic mass is 35.5. The smallest absolute Gasteiger partial charge is 0.120 e. The van der Waals surface area contributed by atoms with Crippen LogP contribution >= 0.6 is 23.2 Å². The van der Waals surface area contributed by atoms with Crippen molar-refractivity contribution in [2.75, 3.05) is 5.32 Å². The summed E-state index contributed by atoms with van der Waals surface area (Å²) in [6, 6.07) is 21.7. The summed E-state index contributed by atoms with van der Waals surface area (Å²) in [6.07, 6.45) is 0. The number of benzene rings is 3. The predicted octanol–water partition coefficient (Wildman–Crippen LogP) is 6.49. The van der Waals surface area contributed by atoms with E-state index in [2.05, 4.69) is 11.4 Å². The molecule has 2 nitrogen and oxygen atoms in total. The van der Waals surface area contributed by atoms with Gasteiger partial charge in [-0.1, -0.05) is 53.5 Å². The van der Waals surface area contributed by atoms with Crippen LogP contribution in [0.4, 0.5) is 5.69 Å². The molecule has 0 bridgehead atoms. The first kappa shape index (κ1) is 17.7. The van der Waals surface area contributed by atoms with Crippen molar-refractivity contribution < 1.29 is 4.74 Å². The Hall–Kier alpha value is -2.16. The maximum Gasteiger partial charge on any atom is 0.120 e. The molecule has 0 fully saturated rings. The van der Waals surface area contributed by atoms with E-state index in [1.165, 1.54) is 0 Å². The molecule has 0 unspecified atom stereocenters. The molecule has 0 atom stereocenters. The molecule has 25 heavy (non-hydrogen) atoms. The Bertz CT molecular complexity index is 864. The number of hydrogen-bond acceptors (Lipinski definition) is 2. The molecule has 0 aliphatic carbocycles. The van der Waals surface area contributed by atoms with Crippen molar-refractivity contribution in [2.24, 2.45) is 0 Å². The normalized spacial score (nSPS) is 10.5. The van der Waals surface area contributed by atoms with Crippen LogP contribution in [0.5, 0.6) is 5.75 Å². The van der Waals surface area contributed by atoms with Crippen molar-refractivity contribution in [1.29, 1.82) is 0 Å². The van der Waals surface area contributed by atoms with Gasteiger partial charge in [0.1, 0.15) is 12.4 Å². The van der Waals surface area contributed by atoms with Gasteiger partial charge in [0.15, 0.2) is 0 Å². The monoisotopic (exact) mass is 371 g/mol. The molecule has 0 radical (unpaired) electrons. The summed E-state index contributed by atoms with van der Waals surface area (Å²) in [6.45, 7) is 3.19. The summed E-state index contributed by atoms with van der Waals surface area (Å²) in [7, 11) is 0. The van der Waals surface area contributed by atoms with E-state index in [0.29, 0.717) is 13.2 Å². The molecule has 4 heteroatoms. The minimum atomic E-state index is 0.491. The highest BCUT2D eigenvalue weighted by Gasteiger charge is 2.01. The Morgan fingerprint density at radius 2 is 1.68 bits per heavy atom. The molecule has 128 valence electrons. The van der Waals surface area contributed by atoms with Crippen molar-refractivity contribution >= 4 is 28.9 Å². The van der Waals surface area contributed by atoms with Crippen LogP contribution in [-0.4, -0.2) is 0 Å². The number of nitrogens with one attached hydrogen (secondary N) is 1. The number of ether oxygens (including phenoxy) is 1. The highest BCUT2D eigenvalue weighted by molar-refractivity contribution is 6.31. The van der Waals surface area contributed by atoms with Crippen molar-refractivity contribution in [1.82, 2.24) is 0 Å². The summed E-state index contributed by atoms with van der Waals surface area (Å²) in [4.78, 5) is 0. The maximum atomic E-state index is 6.16. The molecule has 0 aliphatic rings. The Morgan fingerprint density at radius 3 is 2.48 bits per heavy atom. The molecule has 3 aromatic rings. The van der Waals surface area contributed by atoms with Gasteiger partial charge in [-0.05, 0) is 60.0 Å². The van der Waals surface area contributed by atoms with E-state index in [1.54, 1.807) is 0 Å². The molecule has 0 amide bonds. The lowest BCUT2D eigenvalue weighted by Crippen LogP contribution is -2.01. The first-order valence-electron chi connectivity index (χ1n) is 8.06. The molecular formula is C21H19Cl2NO. The highest BCUT2D eigenvalue weighted by Crippen LogP contribution is 2.21. The molecule has 0 heterocycles. The lowest BCUT2D eigenvalue weighted by Gasteiger charge is -2.11. The van der Waals surface area contributed by atoms with Gasteiger partial charge < -0.3 is 10.1 Å². The van der Waals surface area contributed by atoms with Crippen molar-refractivity contribution in [3.05, 3.63) is 93.5 Å². The molecule has 0 aromatic heterocycles. The third-order valence-electron chi connectivity index (χ3n) is 3.86. The summed E-state index contributed by atoms with van der Waals surface area (Å²) < 4.78 is 5.87. The topological polar surface area (TPSA) is 21.3 Å². The van der Waals surface area contributed by atoms with Crippen molar-refractivity contribution in [3.8, 4) is 5.75 Å².